The SMILES string of the molecule is O=C1OC(c2ccccc2Br)=N/C1=C\c1ccc(C(F)(F)F)cc1. The van der Waals surface area contributed by atoms with Crippen molar-refractivity contribution < 1.29 is 22.7 Å². The highest BCUT2D eigenvalue weighted by molar-refractivity contribution is 9.10. The lowest BCUT2D eigenvalue weighted by Gasteiger charge is -2.05. The van der Waals surface area contributed by atoms with E-state index in [-0.39, 0.29) is 11.6 Å². The Hall–Kier alpha value is -2.41. The van der Waals surface area contributed by atoms with Gasteiger partial charge in [-0.2, -0.15) is 13.2 Å². The van der Waals surface area contributed by atoms with Gasteiger partial charge in [0.05, 0.1) is 11.1 Å². The third-order valence-corrected chi connectivity index (χ3v) is 3.96. The quantitative estimate of drug-likeness (QED) is 0.540. The number of hydrogen-bond acceptors (Lipinski definition) is 3. The molecule has 1 heterocycles. The fraction of sp³-hybridized carbons (Fsp3) is 0.0588. The Bertz CT molecular complexity index is 855. The van der Waals surface area contributed by atoms with Crippen LogP contribution in [0.3, 0.4) is 0 Å². The molecule has 0 spiro atoms. The summed E-state index contributed by atoms with van der Waals surface area (Å²) in [4.78, 5) is 16.0. The zero-order valence-electron chi connectivity index (χ0n) is 12.0. The highest BCUT2D eigenvalue weighted by Crippen LogP contribution is 2.30. The van der Waals surface area contributed by atoms with Gasteiger partial charge in [-0.3, -0.25) is 0 Å². The van der Waals surface area contributed by atoms with Crippen LogP contribution in [0, 0.1) is 0 Å². The number of aliphatic imine (C=N–C) groups is 1. The molecular weight excluding hydrogens is 387 g/mol. The summed E-state index contributed by atoms with van der Waals surface area (Å²) in [6.45, 7) is 0. The van der Waals surface area contributed by atoms with E-state index in [1.165, 1.54) is 18.2 Å². The molecule has 0 unspecified atom stereocenters. The predicted octanol–water partition coefficient (Wildman–Crippen LogP) is 4.81. The number of carbonyl (C=O) groups is 1. The Kier molecular flexibility index (Phi) is 4.28. The zero-order valence-corrected chi connectivity index (χ0v) is 13.6. The molecule has 3 rings (SSSR count). The van der Waals surface area contributed by atoms with Crippen LogP contribution in [0.15, 0.2) is 63.7 Å². The highest BCUT2D eigenvalue weighted by atomic mass is 79.9. The minimum atomic E-state index is -4.40. The van der Waals surface area contributed by atoms with E-state index in [1.807, 2.05) is 6.07 Å². The van der Waals surface area contributed by atoms with Crippen molar-refractivity contribution in [1.82, 2.24) is 0 Å². The first-order valence-electron chi connectivity index (χ1n) is 6.79. The van der Waals surface area contributed by atoms with E-state index in [0.717, 1.165) is 12.1 Å². The molecule has 2 aromatic rings. The van der Waals surface area contributed by atoms with Gasteiger partial charge in [0.15, 0.2) is 5.70 Å². The molecule has 0 aliphatic carbocycles. The molecule has 7 heteroatoms. The third kappa shape index (κ3) is 3.41. The number of cyclic esters (lactones) is 1. The molecule has 1 aliphatic heterocycles. The number of nitrogens with zero attached hydrogens (tertiary/aromatic N) is 1. The zero-order chi connectivity index (χ0) is 17.3. The summed E-state index contributed by atoms with van der Waals surface area (Å²) in [6.07, 6.45) is -3.02. The van der Waals surface area contributed by atoms with Gasteiger partial charge < -0.3 is 4.74 Å². The van der Waals surface area contributed by atoms with Crippen molar-refractivity contribution in [2.75, 3.05) is 0 Å². The Morgan fingerprint density at radius 2 is 1.71 bits per heavy atom. The van der Waals surface area contributed by atoms with E-state index in [9.17, 15) is 18.0 Å². The van der Waals surface area contributed by atoms with Crippen LogP contribution in [0.5, 0.6) is 0 Å². The fourth-order valence-electron chi connectivity index (χ4n) is 2.09. The summed E-state index contributed by atoms with van der Waals surface area (Å²) in [5.41, 5.74) is 0.310. The minimum absolute atomic E-state index is 0.0283. The molecule has 0 fully saturated rings. The van der Waals surface area contributed by atoms with Crippen LogP contribution in [-0.2, 0) is 15.7 Å². The molecule has 0 radical (unpaired) electrons. The van der Waals surface area contributed by atoms with Crippen LogP contribution in [0.2, 0.25) is 0 Å². The average Bonchev–Trinajstić information content (AvgIpc) is 2.88. The van der Waals surface area contributed by atoms with Gasteiger partial charge in [0.2, 0.25) is 5.90 Å². The van der Waals surface area contributed by atoms with Crippen LogP contribution in [0.1, 0.15) is 16.7 Å². The van der Waals surface area contributed by atoms with E-state index < -0.39 is 17.7 Å². The van der Waals surface area contributed by atoms with Crippen molar-refractivity contribution in [3.63, 3.8) is 0 Å². The van der Waals surface area contributed by atoms with Crippen LogP contribution in [0.25, 0.3) is 6.08 Å². The second-order valence-electron chi connectivity index (χ2n) is 4.94. The number of esters is 1. The molecule has 0 amide bonds. The maximum Gasteiger partial charge on any atom is 0.416 e. The van der Waals surface area contributed by atoms with Crippen LogP contribution in [-0.4, -0.2) is 11.9 Å². The normalized spacial score (nSPS) is 16.2. The van der Waals surface area contributed by atoms with Crippen LogP contribution < -0.4 is 0 Å². The maximum absolute atomic E-state index is 12.5. The van der Waals surface area contributed by atoms with Gasteiger partial charge in [0.25, 0.3) is 0 Å². The molecule has 0 atom stereocenters. The van der Waals surface area contributed by atoms with Gasteiger partial charge in [-0.05, 0) is 51.8 Å². The van der Waals surface area contributed by atoms with Gasteiger partial charge in [0, 0.05) is 4.47 Å². The summed E-state index contributed by atoms with van der Waals surface area (Å²) in [6, 6.07) is 11.5. The molecule has 0 N–H and O–H groups in total. The van der Waals surface area contributed by atoms with Crippen molar-refractivity contribution in [3.05, 3.63) is 75.4 Å². The van der Waals surface area contributed by atoms with Crippen LogP contribution >= 0.6 is 15.9 Å². The van der Waals surface area contributed by atoms with E-state index in [0.29, 0.717) is 15.6 Å². The highest BCUT2D eigenvalue weighted by Gasteiger charge is 2.30. The molecule has 0 saturated carbocycles. The number of rotatable bonds is 2. The number of halogens is 4. The van der Waals surface area contributed by atoms with E-state index in [1.54, 1.807) is 18.2 Å². The number of carbonyl (C=O) groups excluding carboxylic acids is 1. The fourth-order valence-corrected chi connectivity index (χ4v) is 2.54. The third-order valence-electron chi connectivity index (χ3n) is 3.27. The molecule has 24 heavy (non-hydrogen) atoms. The molecular formula is C17H9BrF3NO2. The molecule has 122 valence electrons. The second-order valence-corrected chi connectivity index (χ2v) is 5.79. The lowest BCUT2D eigenvalue weighted by atomic mass is 10.1. The minimum Gasteiger partial charge on any atom is -0.402 e. The summed E-state index contributed by atoms with van der Waals surface area (Å²) >= 11 is 3.34. The van der Waals surface area contributed by atoms with Gasteiger partial charge in [-0.1, -0.05) is 24.3 Å². The molecule has 0 bridgehead atoms. The first kappa shape index (κ1) is 16.4. The number of benzene rings is 2. The van der Waals surface area contributed by atoms with E-state index in [4.69, 9.17) is 4.74 Å². The maximum atomic E-state index is 12.5. The van der Waals surface area contributed by atoms with Crippen molar-refractivity contribution in [1.29, 1.82) is 0 Å². The Morgan fingerprint density at radius 3 is 2.33 bits per heavy atom. The molecule has 1 aliphatic rings. The Labute approximate surface area is 143 Å². The van der Waals surface area contributed by atoms with Crippen LogP contribution in [0.4, 0.5) is 13.2 Å². The average molecular weight is 396 g/mol. The van der Waals surface area contributed by atoms with Gasteiger partial charge in [-0.15, -0.1) is 0 Å². The lowest BCUT2D eigenvalue weighted by molar-refractivity contribution is -0.137. The number of ether oxygens (including phenoxy) is 1. The summed E-state index contributed by atoms with van der Waals surface area (Å²) < 4.78 is 43.5. The van der Waals surface area contributed by atoms with Crippen molar-refractivity contribution in [2.24, 2.45) is 4.99 Å². The largest absolute Gasteiger partial charge is 0.416 e. The van der Waals surface area contributed by atoms with E-state index in [2.05, 4.69) is 20.9 Å². The monoisotopic (exact) mass is 395 g/mol. The number of alkyl halides is 3. The van der Waals surface area contributed by atoms with Crippen molar-refractivity contribution >= 4 is 33.9 Å². The first-order chi connectivity index (χ1) is 11.3. The molecule has 0 aromatic heterocycles. The van der Waals surface area contributed by atoms with Gasteiger partial charge in [0.1, 0.15) is 0 Å². The van der Waals surface area contributed by atoms with Crippen molar-refractivity contribution in [3.8, 4) is 0 Å². The molecule has 0 saturated heterocycles. The van der Waals surface area contributed by atoms with Gasteiger partial charge in [-0.25, -0.2) is 9.79 Å². The summed E-state index contributed by atoms with van der Waals surface area (Å²) in [7, 11) is 0. The van der Waals surface area contributed by atoms with Crippen molar-refractivity contribution in [2.45, 2.75) is 6.18 Å². The van der Waals surface area contributed by atoms with E-state index >= 15 is 0 Å². The predicted molar refractivity (Wildman–Crippen MR) is 86.2 cm³/mol. The summed E-state index contributed by atoms with van der Waals surface area (Å²) in [5, 5.41) is 0. The standard InChI is InChI=1S/C17H9BrF3NO2/c18-13-4-2-1-3-12(13)15-22-14(16(23)24-15)9-10-5-7-11(8-6-10)17(19,20)21/h1-9H/b14-9-. The Balaban J connectivity index is 1.90. The Morgan fingerprint density at radius 1 is 1.04 bits per heavy atom. The van der Waals surface area contributed by atoms with Gasteiger partial charge >= 0.3 is 12.1 Å². The smallest absolute Gasteiger partial charge is 0.402 e. The number of hydrogen-bond donors (Lipinski definition) is 0. The molecule has 2 aromatic carbocycles. The summed E-state index contributed by atoms with van der Waals surface area (Å²) in [5.74, 6) is -0.508. The second kappa shape index (κ2) is 6.24. The molecule has 3 nitrogen and oxygen atoms in total. The lowest BCUT2D eigenvalue weighted by Crippen LogP contribution is -2.06. The topological polar surface area (TPSA) is 38.7 Å². The first-order valence-corrected chi connectivity index (χ1v) is 7.58.